The van der Waals surface area contributed by atoms with Crippen LogP contribution in [0.5, 0.6) is 0 Å². The molecule has 1 aliphatic carbocycles. The van der Waals surface area contributed by atoms with E-state index in [2.05, 4.69) is 50.3 Å². The molecule has 0 saturated heterocycles. The number of hydrogen-bond donors (Lipinski definition) is 2. The summed E-state index contributed by atoms with van der Waals surface area (Å²) in [6.07, 6.45) is 11.2. The summed E-state index contributed by atoms with van der Waals surface area (Å²) in [5.74, 6) is 1.96. The molecular weight excluding hydrogens is 334 g/mol. The monoisotopic (exact) mass is 367 g/mol. The van der Waals surface area contributed by atoms with E-state index in [0.717, 1.165) is 37.7 Å². The second-order valence-corrected chi connectivity index (χ2v) is 7.48. The molecule has 1 atom stereocenters. The fraction of sp³-hybridized carbons (Fsp3) is 0.545. The van der Waals surface area contributed by atoms with E-state index in [0.29, 0.717) is 0 Å². The highest BCUT2D eigenvalue weighted by molar-refractivity contribution is 5.80. The Hall–Kier alpha value is -2.30. The second kappa shape index (κ2) is 9.58. The summed E-state index contributed by atoms with van der Waals surface area (Å²) in [7, 11) is 1.84. The number of benzene rings is 1. The van der Waals surface area contributed by atoms with Crippen LogP contribution >= 0.6 is 0 Å². The number of hydrogen-bond acceptors (Lipinski definition) is 2. The molecular formula is C22H33N5. The van der Waals surface area contributed by atoms with E-state index in [4.69, 9.17) is 0 Å². The number of rotatable bonds is 7. The van der Waals surface area contributed by atoms with Gasteiger partial charge >= 0.3 is 0 Å². The predicted octanol–water partition coefficient (Wildman–Crippen LogP) is 3.78. The van der Waals surface area contributed by atoms with E-state index < -0.39 is 0 Å². The summed E-state index contributed by atoms with van der Waals surface area (Å²) in [6.45, 7) is 6.20. The van der Waals surface area contributed by atoms with Gasteiger partial charge < -0.3 is 15.2 Å². The molecule has 2 N–H and O–H groups in total. The van der Waals surface area contributed by atoms with Gasteiger partial charge in [0.2, 0.25) is 0 Å². The van der Waals surface area contributed by atoms with Crippen LogP contribution < -0.4 is 10.6 Å². The maximum Gasteiger partial charge on any atom is 0.191 e. The molecule has 27 heavy (non-hydrogen) atoms. The van der Waals surface area contributed by atoms with E-state index in [1.165, 1.54) is 42.4 Å². The highest BCUT2D eigenvalue weighted by Crippen LogP contribution is 2.24. The number of aryl methyl sites for hydroxylation is 4. The van der Waals surface area contributed by atoms with Gasteiger partial charge in [-0.1, -0.05) is 18.2 Å². The van der Waals surface area contributed by atoms with Crippen molar-refractivity contribution < 1.29 is 0 Å². The van der Waals surface area contributed by atoms with Crippen LogP contribution in [0.1, 0.15) is 61.2 Å². The number of aromatic nitrogens is 2. The average molecular weight is 368 g/mol. The molecule has 0 bridgehead atoms. The van der Waals surface area contributed by atoms with Gasteiger partial charge in [0, 0.05) is 32.5 Å². The molecule has 146 valence electrons. The summed E-state index contributed by atoms with van der Waals surface area (Å²) in [5, 5.41) is 6.97. The van der Waals surface area contributed by atoms with Gasteiger partial charge in [0.05, 0.1) is 6.04 Å². The van der Waals surface area contributed by atoms with Crippen molar-refractivity contribution in [3.8, 4) is 0 Å². The fourth-order valence-corrected chi connectivity index (χ4v) is 3.76. The lowest BCUT2D eigenvalue weighted by molar-refractivity contribution is 0.585. The van der Waals surface area contributed by atoms with Gasteiger partial charge in [-0.3, -0.25) is 4.99 Å². The lowest BCUT2D eigenvalue weighted by Crippen LogP contribution is -2.39. The third-order valence-electron chi connectivity index (χ3n) is 5.49. The minimum absolute atomic E-state index is 0.247. The molecule has 0 amide bonds. The van der Waals surface area contributed by atoms with Crippen LogP contribution in [-0.2, 0) is 19.4 Å². The van der Waals surface area contributed by atoms with Crippen LogP contribution in [-0.4, -0.2) is 29.1 Å². The van der Waals surface area contributed by atoms with Crippen molar-refractivity contribution >= 4 is 5.96 Å². The second-order valence-electron chi connectivity index (χ2n) is 7.48. The van der Waals surface area contributed by atoms with Crippen LogP contribution in [0.4, 0.5) is 0 Å². The summed E-state index contributed by atoms with van der Waals surface area (Å²) in [4.78, 5) is 8.65. The van der Waals surface area contributed by atoms with Crippen molar-refractivity contribution in [2.75, 3.05) is 13.6 Å². The minimum atomic E-state index is 0.247. The first-order valence-corrected chi connectivity index (χ1v) is 10.2. The molecule has 3 rings (SSSR count). The van der Waals surface area contributed by atoms with Crippen molar-refractivity contribution in [2.45, 2.75) is 65.0 Å². The molecule has 1 aromatic heterocycles. The Morgan fingerprint density at radius 1 is 1.22 bits per heavy atom. The number of nitrogens with one attached hydrogen (secondary N) is 2. The molecule has 5 nitrogen and oxygen atoms in total. The zero-order valence-corrected chi connectivity index (χ0v) is 17.0. The van der Waals surface area contributed by atoms with Crippen molar-refractivity contribution in [2.24, 2.45) is 4.99 Å². The van der Waals surface area contributed by atoms with E-state index in [1.54, 1.807) is 0 Å². The lowest BCUT2D eigenvalue weighted by atomic mass is 9.89. The number of aliphatic imine (C=N–C) groups is 1. The fourth-order valence-electron chi connectivity index (χ4n) is 3.76. The Kier molecular flexibility index (Phi) is 6.91. The summed E-state index contributed by atoms with van der Waals surface area (Å²) in [6, 6.07) is 7.21. The van der Waals surface area contributed by atoms with Crippen LogP contribution in [0, 0.1) is 6.92 Å². The van der Waals surface area contributed by atoms with E-state index in [-0.39, 0.29) is 6.04 Å². The zero-order valence-electron chi connectivity index (χ0n) is 17.0. The van der Waals surface area contributed by atoms with Crippen LogP contribution in [0.15, 0.2) is 35.6 Å². The van der Waals surface area contributed by atoms with Crippen LogP contribution in [0.2, 0.25) is 0 Å². The Morgan fingerprint density at radius 3 is 2.78 bits per heavy atom. The van der Waals surface area contributed by atoms with E-state index in [1.807, 2.05) is 26.4 Å². The first-order valence-electron chi connectivity index (χ1n) is 10.2. The largest absolute Gasteiger partial charge is 0.356 e. The SMILES string of the molecule is CN=C(NCCCCn1ccnc1C)NC(C)c1ccc2c(c1)CCCC2. The van der Waals surface area contributed by atoms with Crippen LogP contribution in [0.25, 0.3) is 0 Å². The van der Waals surface area contributed by atoms with Crippen molar-refractivity contribution in [1.82, 2.24) is 20.2 Å². The molecule has 1 heterocycles. The normalized spacial score (nSPS) is 15.3. The molecule has 1 unspecified atom stereocenters. The highest BCUT2D eigenvalue weighted by atomic mass is 15.2. The van der Waals surface area contributed by atoms with Gasteiger partial charge in [-0.15, -0.1) is 0 Å². The van der Waals surface area contributed by atoms with Gasteiger partial charge in [-0.25, -0.2) is 4.98 Å². The van der Waals surface area contributed by atoms with Gasteiger partial charge in [-0.05, 0) is 69.1 Å². The molecule has 0 saturated carbocycles. The van der Waals surface area contributed by atoms with Crippen molar-refractivity contribution in [1.29, 1.82) is 0 Å². The zero-order chi connectivity index (χ0) is 19.1. The molecule has 0 spiro atoms. The standard InChI is InChI=1S/C22H33N5/c1-17(20-11-10-19-8-4-5-9-21(19)16-20)26-22(23-3)25-12-6-7-14-27-15-13-24-18(27)2/h10-11,13,15-17H,4-9,12,14H2,1-3H3,(H2,23,25,26). The van der Waals surface area contributed by atoms with E-state index >= 15 is 0 Å². The molecule has 1 aromatic carbocycles. The molecule has 0 fully saturated rings. The van der Waals surface area contributed by atoms with Crippen molar-refractivity contribution in [3.63, 3.8) is 0 Å². The Labute approximate surface area is 163 Å². The number of fused-ring (bicyclic) bond motifs is 1. The Bertz CT molecular complexity index is 762. The molecule has 0 aliphatic heterocycles. The van der Waals surface area contributed by atoms with Crippen molar-refractivity contribution in [3.05, 3.63) is 53.1 Å². The molecule has 0 radical (unpaired) electrons. The summed E-state index contributed by atoms with van der Waals surface area (Å²) < 4.78 is 2.20. The molecule has 2 aromatic rings. The third-order valence-corrected chi connectivity index (χ3v) is 5.49. The summed E-state index contributed by atoms with van der Waals surface area (Å²) >= 11 is 0. The highest BCUT2D eigenvalue weighted by Gasteiger charge is 2.13. The minimum Gasteiger partial charge on any atom is -0.356 e. The Balaban J connectivity index is 1.43. The summed E-state index contributed by atoms with van der Waals surface area (Å²) in [5.41, 5.74) is 4.41. The van der Waals surface area contributed by atoms with E-state index in [9.17, 15) is 0 Å². The number of nitrogens with zero attached hydrogens (tertiary/aromatic N) is 3. The lowest BCUT2D eigenvalue weighted by Gasteiger charge is -2.21. The van der Waals surface area contributed by atoms with Gasteiger partial charge in [-0.2, -0.15) is 0 Å². The maximum absolute atomic E-state index is 4.38. The Morgan fingerprint density at radius 2 is 2.04 bits per heavy atom. The quantitative estimate of drug-likeness (QED) is 0.445. The first-order chi connectivity index (χ1) is 13.2. The number of unbranched alkanes of at least 4 members (excludes halogenated alkanes) is 1. The number of guanidine groups is 1. The molecule has 5 heteroatoms. The maximum atomic E-state index is 4.38. The van der Waals surface area contributed by atoms with Gasteiger partial charge in [0.1, 0.15) is 5.82 Å². The predicted molar refractivity (Wildman–Crippen MR) is 112 cm³/mol. The smallest absolute Gasteiger partial charge is 0.191 e. The van der Waals surface area contributed by atoms with Crippen LogP contribution in [0.3, 0.4) is 0 Å². The molecule has 1 aliphatic rings. The van der Waals surface area contributed by atoms with Gasteiger partial charge in [0.15, 0.2) is 5.96 Å². The average Bonchev–Trinajstić information content (AvgIpc) is 3.11. The third kappa shape index (κ3) is 5.34. The topological polar surface area (TPSA) is 54.2 Å². The first kappa shape index (κ1) is 19.5. The van der Waals surface area contributed by atoms with Gasteiger partial charge in [0.25, 0.3) is 0 Å². The number of imidazole rings is 1.